The van der Waals surface area contributed by atoms with E-state index in [1.54, 1.807) is 19.1 Å². The Morgan fingerprint density at radius 3 is 2.53 bits per heavy atom. The Bertz CT molecular complexity index is 581. The molecule has 0 aliphatic heterocycles. The highest BCUT2D eigenvalue weighted by molar-refractivity contribution is 7.89. The van der Waals surface area contributed by atoms with E-state index in [0.717, 1.165) is 11.8 Å². The molecule has 2 amide bonds. The Labute approximate surface area is 112 Å². The lowest BCUT2D eigenvalue weighted by Crippen LogP contribution is -2.29. The lowest BCUT2D eigenvalue weighted by molar-refractivity contribution is -0.120. The van der Waals surface area contributed by atoms with E-state index in [4.69, 9.17) is 0 Å². The predicted molar refractivity (Wildman–Crippen MR) is 70.9 cm³/mol. The molecule has 0 aromatic heterocycles. The summed E-state index contributed by atoms with van der Waals surface area (Å²) in [4.78, 5) is 22.8. The average molecular weight is 284 g/mol. The van der Waals surface area contributed by atoms with Crippen molar-refractivity contribution in [3.05, 3.63) is 35.4 Å². The molecule has 1 rings (SSSR count). The molecule has 0 heterocycles. The molecule has 0 fully saturated rings. The lowest BCUT2D eigenvalue weighted by Gasteiger charge is -2.06. The van der Waals surface area contributed by atoms with Gasteiger partial charge in [0, 0.05) is 18.5 Å². The van der Waals surface area contributed by atoms with Crippen molar-refractivity contribution in [2.45, 2.75) is 19.9 Å². The average Bonchev–Trinajstić information content (AvgIpc) is 2.34. The molecule has 6 nitrogen and oxygen atoms in total. The molecule has 0 unspecified atom stereocenters. The quantitative estimate of drug-likeness (QED) is 0.818. The number of nitrogens with one attached hydrogen (secondary N) is 2. The molecule has 19 heavy (non-hydrogen) atoms. The molecule has 2 N–H and O–H groups in total. The van der Waals surface area contributed by atoms with Crippen LogP contribution in [0, 0.1) is 0 Å². The molecule has 104 valence electrons. The number of carbonyl (C=O) groups excluding carboxylic acids is 2. The first kappa shape index (κ1) is 15.2. The van der Waals surface area contributed by atoms with Crippen molar-refractivity contribution in [1.29, 1.82) is 0 Å². The van der Waals surface area contributed by atoms with Crippen molar-refractivity contribution < 1.29 is 18.0 Å². The van der Waals surface area contributed by atoms with Crippen molar-refractivity contribution in [2.24, 2.45) is 0 Å². The molecule has 0 radical (unpaired) electrons. The first-order valence-electron chi connectivity index (χ1n) is 5.69. The van der Waals surface area contributed by atoms with Crippen LogP contribution in [-0.2, 0) is 21.4 Å². The minimum Gasteiger partial charge on any atom is -0.352 e. The molecule has 1 aromatic rings. The fourth-order valence-electron chi connectivity index (χ4n) is 1.38. The molecule has 0 saturated heterocycles. The maximum Gasteiger partial charge on any atom is 0.264 e. The van der Waals surface area contributed by atoms with Crippen LogP contribution in [-0.4, -0.2) is 26.5 Å². The maximum absolute atomic E-state index is 11.6. The molecule has 7 heteroatoms. The van der Waals surface area contributed by atoms with Crippen LogP contribution in [0.3, 0.4) is 0 Å². The summed E-state index contributed by atoms with van der Waals surface area (Å²) in [7, 11) is -3.58. The van der Waals surface area contributed by atoms with Crippen LogP contribution in [0.25, 0.3) is 0 Å². The van der Waals surface area contributed by atoms with Crippen LogP contribution >= 0.6 is 0 Å². The zero-order chi connectivity index (χ0) is 14.5. The minimum absolute atomic E-state index is 0.0917. The third-order valence-electron chi connectivity index (χ3n) is 2.28. The van der Waals surface area contributed by atoms with E-state index in [0.29, 0.717) is 13.0 Å². The van der Waals surface area contributed by atoms with Gasteiger partial charge in [-0.3, -0.25) is 9.59 Å². The van der Waals surface area contributed by atoms with E-state index in [9.17, 15) is 18.0 Å². The Morgan fingerprint density at radius 2 is 1.95 bits per heavy atom. The van der Waals surface area contributed by atoms with Crippen LogP contribution in [0.2, 0.25) is 0 Å². The Kier molecular flexibility index (Phi) is 5.05. The van der Waals surface area contributed by atoms with E-state index in [1.807, 2.05) is 4.72 Å². The number of amides is 2. The molecule has 0 aliphatic carbocycles. The lowest BCUT2D eigenvalue weighted by atomic mass is 10.1. The highest BCUT2D eigenvalue weighted by atomic mass is 32.2. The topological polar surface area (TPSA) is 92.3 Å². The summed E-state index contributed by atoms with van der Waals surface area (Å²) in [6, 6.07) is 6.42. The highest BCUT2D eigenvalue weighted by Gasteiger charge is 2.11. The van der Waals surface area contributed by atoms with Gasteiger partial charge in [0.25, 0.3) is 5.91 Å². The van der Waals surface area contributed by atoms with Crippen LogP contribution in [0.4, 0.5) is 0 Å². The summed E-state index contributed by atoms with van der Waals surface area (Å²) in [5.74, 6) is -0.780. The van der Waals surface area contributed by atoms with Crippen LogP contribution in [0.5, 0.6) is 0 Å². The second-order valence-electron chi connectivity index (χ2n) is 4.03. The van der Waals surface area contributed by atoms with Crippen LogP contribution < -0.4 is 10.0 Å². The number of hydrogen-bond acceptors (Lipinski definition) is 4. The number of hydrogen-bond donors (Lipinski definition) is 2. The minimum atomic E-state index is -3.58. The van der Waals surface area contributed by atoms with Crippen molar-refractivity contribution in [1.82, 2.24) is 10.0 Å². The molecule has 0 aliphatic rings. The zero-order valence-electron chi connectivity index (χ0n) is 10.8. The third-order valence-corrected chi connectivity index (χ3v) is 2.83. The summed E-state index contributed by atoms with van der Waals surface area (Å²) in [6.45, 7) is 2.04. The maximum atomic E-state index is 11.6. The summed E-state index contributed by atoms with van der Waals surface area (Å²) in [5.41, 5.74) is 0.955. The van der Waals surface area contributed by atoms with Crippen molar-refractivity contribution >= 4 is 21.8 Å². The number of carbonyl (C=O) groups is 2. The van der Waals surface area contributed by atoms with E-state index in [2.05, 4.69) is 5.32 Å². The highest BCUT2D eigenvalue weighted by Crippen LogP contribution is 2.05. The van der Waals surface area contributed by atoms with Gasteiger partial charge in [-0.2, -0.15) is 0 Å². The fraction of sp³-hybridized carbons (Fsp3) is 0.333. The van der Waals surface area contributed by atoms with Gasteiger partial charge in [0.05, 0.1) is 6.26 Å². The smallest absolute Gasteiger partial charge is 0.264 e. The third kappa shape index (κ3) is 5.52. The SMILES string of the molecule is CCC(=O)NCc1cccc(C(=O)NS(C)(=O)=O)c1. The molecular weight excluding hydrogens is 268 g/mol. The predicted octanol–water partition coefficient (Wildman–Crippen LogP) is 0.402. The number of rotatable bonds is 5. The van der Waals surface area contributed by atoms with Gasteiger partial charge in [0.2, 0.25) is 15.9 Å². The largest absolute Gasteiger partial charge is 0.352 e. The van der Waals surface area contributed by atoms with Gasteiger partial charge < -0.3 is 5.32 Å². The van der Waals surface area contributed by atoms with E-state index in [1.165, 1.54) is 12.1 Å². The first-order valence-corrected chi connectivity index (χ1v) is 7.58. The van der Waals surface area contributed by atoms with Crippen LogP contribution in [0.15, 0.2) is 24.3 Å². The molecular formula is C12H16N2O4S. The van der Waals surface area contributed by atoms with Gasteiger partial charge in [0.1, 0.15) is 0 Å². The Hall–Kier alpha value is -1.89. The number of benzene rings is 1. The van der Waals surface area contributed by atoms with Gasteiger partial charge in [-0.05, 0) is 17.7 Å². The van der Waals surface area contributed by atoms with Gasteiger partial charge in [-0.25, -0.2) is 13.1 Å². The van der Waals surface area contributed by atoms with Crippen LogP contribution in [0.1, 0.15) is 29.3 Å². The normalized spacial score (nSPS) is 10.8. The summed E-state index contributed by atoms with van der Waals surface area (Å²) >= 11 is 0. The van der Waals surface area contributed by atoms with Crippen molar-refractivity contribution in [2.75, 3.05) is 6.26 Å². The molecule has 0 bridgehead atoms. The second-order valence-corrected chi connectivity index (χ2v) is 5.78. The molecule has 0 atom stereocenters. The Balaban J connectivity index is 2.77. The van der Waals surface area contributed by atoms with Gasteiger partial charge in [-0.15, -0.1) is 0 Å². The van der Waals surface area contributed by atoms with E-state index >= 15 is 0 Å². The molecule has 1 aromatic carbocycles. The fourth-order valence-corrected chi connectivity index (χ4v) is 1.83. The Morgan fingerprint density at radius 1 is 1.26 bits per heavy atom. The van der Waals surface area contributed by atoms with E-state index < -0.39 is 15.9 Å². The standard InChI is InChI=1S/C12H16N2O4S/c1-3-11(15)13-8-9-5-4-6-10(7-9)12(16)14-19(2,17)18/h4-7H,3,8H2,1-2H3,(H,13,15)(H,14,16). The van der Waals surface area contributed by atoms with Crippen molar-refractivity contribution in [3.8, 4) is 0 Å². The molecule has 0 spiro atoms. The first-order chi connectivity index (χ1) is 8.81. The molecule has 0 saturated carbocycles. The zero-order valence-corrected chi connectivity index (χ0v) is 11.6. The van der Waals surface area contributed by atoms with Gasteiger partial charge in [-0.1, -0.05) is 19.1 Å². The van der Waals surface area contributed by atoms with Gasteiger partial charge >= 0.3 is 0 Å². The van der Waals surface area contributed by atoms with E-state index in [-0.39, 0.29) is 11.5 Å². The summed E-state index contributed by atoms with van der Waals surface area (Å²) < 4.78 is 23.8. The summed E-state index contributed by atoms with van der Waals surface area (Å²) in [6.07, 6.45) is 1.30. The van der Waals surface area contributed by atoms with Gasteiger partial charge in [0.15, 0.2) is 0 Å². The summed E-state index contributed by atoms with van der Waals surface area (Å²) in [5, 5.41) is 2.67. The van der Waals surface area contributed by atoms with Crippen molar-refractivity contribution in [3.63, 3.8) is 0 Å². The second kappa shape index (κ2) is 6.33. The monoisotopic (exact) mass is 284 g/mol. The number of sulfonamides is 1.